The first-order chi connectivity index (χ1) is 11.5. The van der Waals surface area contributed by atoms with Crippen molar-refractivity contribution in [3.05, 3.63) is 46.9 Å². The molecule has 0 N–H and O–H groups in total. The van der Waals surface area contributed by atoms with E-state index < -0.39 is 11.6 Å². The monoisotopic (exact) mass is 369 g/mol. The van der Waals surface area contributed by atoms with E-state index in [4.69, 9.17) is 23.2 Å². The Balaban J connectivity index is 2.21. The third-order valence-electron chi connectivity index (χ3n) is 3.84. The minimum Gasteiger partial charge on any atom is -0.321 e. The Morgan fingerprint density at radius 3 is 2.46 bits per heavy atom. The van der Waals surface area contributed by atoms with Crippen molar-refractivity contribution < 1.29 is 8.78 Å². The smallest absolute Gasteiger partial charge is 0.161 e. The third kappa shape index (κ3) is 3.10. The molecule has 3 nitrogen and oxygen atoms in total. The molecule has 0 unspecified atom stereocenters. The van der Waals surface area contributed by atoms with E-state index in [9.17, 15) is 8.78 Å². The first-order valence-corrected chi connectivity index (χ1v) is 8.31. The fourth-order valence-corrected chi connectivity index (χ4v) is 2.95. The molecule has 2 aromatic rings. The van der Waals surface area contributed by atoms with E-state index in [-0.39, 0.29) is 16.4 Å². The lowest BCUT2D eigenvalue weighted by molar-refractivity contribution is 0.510. The molecule has 24 heavy (non-hydrogen) atoms. The van der Waals surface area contributed by atoms with Crippen LogP contribution in [0.25, 0.3) is 16.6 Å². The third-order valence-corrected chi connectivity index (χ3v) is 4.43. The van der Waals surface area contributed by atoms with E-state index in [1.54, 1.807) is 26.0 Å². The molecule has 7 heteroatoms. The highest BCUT2D eigenvalue weighted by atomic mass is 35.5. The molecule has 0 amide bonds. The van der Waals surface area contributed by atoms with Crippen molar-refractivity contribution >= 4 is 45.0 Å². The lowest BCUT2D eigenvalue weighted by atomic mass is 10.2. The number of halogens is 4. The Bertz CT molecular complexity index is 893. The first kappa shape index (κ1) is 17.1. The SMILES string of the molecule is C\C=C(/C(Cl)=N\C(Cl)=C/C)c1nc2cc(F)c(F)cc2n1C1CC1. The topological polar surface area (TPSA) is 30.2 Å². The summed E-state index contributed by atoms with van der Waals surface area (Å²) in [6.45, 7) is 3.55. The van der Waals surface area contributed by atoms with Gasteiger partial charge in [-0.1, -0.05) is 35.4 Å². The second kappa shape index (κ2) is 6.65. The van der Waals surface area contributed by atoms with Crippen LogP contribution in [0.2, 0.25) is 0 Å². The largest absolute Gasteiger partial charge is 0.321 e. The van der Waals surface area contributed by atoms with Gasteiger partial charge in [0.15, 0.2) is 11.6 Å². The second-order valence-electron chi connectivity index (χ2n) is 5.51. The van der Waals surface area contributed by atoms with E-state index in [1.807, 2.05) is 4.57 Å². The van der Waals surface area contributed by atoms with Gasteiger partial charge in [-0.3, -0.25) is 0 Å². The Hall–Kier alpha value is -1.72. The predicted octanol–water partition coefficient (Wildman–Crippen LogP) is 5.79. The van der Waals surface area contributed by atoms with Crippen LogP contribution in [0.15, 0.2) is 34.4 Å². The molecule has 0 spiro atoms. The Labute approximate surface area is 148 Å². The van der Waals surface area contributed by atoms with Gasteiger partial charge in [-0.15, -0.1) is 0 Å². The summed E-state index contributed by atoms with van der Waals surface area (Å²) in [4.78, 5) is 8.57. The maximum atomic E-state index is 13.7. The van der Waals surface area contributed by atoms with Crippen molar-refractivity contribution in [2.75, 3.05) is 0 Å². The minimum absolute atomic E-state index is 0.179. The molecular weight excluding hydrogens is 355 g/mol. The number of benzene rings is 1. The summed E-state index contributed by atoms with van der Waals surface area (Å²) in [6, 6.07) is 2.48. The highest BCUT2D eigenvalue weighted by Gasteiger charge is 2.30. The molecule has 0 bridgehead atoms. The fraction of sp³-hybridized carbons (Fsp3) is 0.294. The maximum Gasteiger partial charge on any atom is 0.161 e. The second-order valence-corrected chi connectivity index (χ2v) is 6.25. The van der Waals surface area contributed by atoms with Gasteiger partial charge in [0, 0.05) is 18.2 Å². The number of hydrogen-bond acceptors (Lipinski definition) is 2. The van der Waals surface area contributed by atoms with Gasteiger partial charge in [0.1, 0.15) is 16.2 Å². The molecule has 1 aliphatic rings. The van der Waals surface area contributed by atoms with E-state index in [0.29, 0.717) is 22.4 Å². The van der Waals surface area contributed by atoms with Crippen molar-refractivity contribution in [3.63, 3.8) is 0 Å². The molecule has 1 fully saturated rings. The molecule has 1 heterocycles. The zero-order chi connectivity index (χ0) is 17.4. The number of aliphatic imine (C=N–C) groups is 1. The molecule has 0 saturated heterocycles. The lowest BCUT2D eigenvalue weighted by Gasteiger charge is -2.10. The average molecular weight is 370 g/mol. The van der Waals surface area contributed by atoms with Crippen LogP contribution in [-0.2, 0) is 0 Å². The van der Waals surface area contributed by atoms with E-state index >= 15 is 0 Å². The molecule has 0 radical (unpaired) electrons. The fourth-order valence-electron chi connectivity index (χ4n) is 2.54. The highest BCUT2D eigenvalue weighted by Crippen LogP contribution is 2.41. The Morgan fingerprint density at radius 1 is 1.21 bits per heavy atom. The van der Waals surface area contributed by atoms with Crippen LogP contribution < -0.4 is 0 Å². The number of fused-ring (bicyclic) bond motifs is 1. The summed E-state index contributed by atoms with van der Waals surface area (Å²) in [5.41, 5.74) is 1.50. The molecule has 1 aromatic heterocycles. The predicted molar refractivity (Wildman–Crippen MR) is 94.5 cm³/mol. The van der Waals surface area contributed by atoms with Gasteiger partial charge in [-0.2, -0.15) is 0 Å². The van der Waals surface area contributed by atoms with Crippen molar-refractivity contribution in [3.8, 4) is 0 Å². The normalized spacial score (nSPS) is 17.0. The first-order valence-electron chi connectivity index (χ1n) is 7.56. The zero-order valence-electron chi connectivity index (χ0n) is 13.2. The van der Waals surface area contributed by atoms with Crippen molar-refractivity contribution in [1.82, 2.24) is 9.55 Å². The molecule has 1 saturated carbocycles. The number of imidazole rings is 1. The van der Waals surface area contributed by atoms with Gasteiger partial charge in [-0.25, -0.2) is 18.8 Å². The van der Waals surface area contributed by atoms with Crippen LogP contribution in [0.5, 0.6) is 0 Å². The van der Waals surface area contributed by atoms with E-state index in [2.05, 4.69) is 9.98 Å². The van der Waals surface area contributed by atoms with Crippen molar-refractivity contribution in [1.29, 1.82) is 0 Å². The van der Waals surface area contributed by atoms with Gasteiger partial charge in [0.05, 0.1) is 16.6 Å². The summed E-state index contributed by atoms with van der Waals surface area (Å²) in [7, 11) is 0. The average Bonchev–Trinajstić information content (AvgIpc) is 3.32. The van der Waals surface area contributed by atoms with Crippen LogP contribution >= 0.6 is 23.2 Å². The van der Waals surface area contributed by atoms with E-state index in [1.165, 1.54) is 6.07 Å². The molecule has 1 aliphatic carbocycles. The van der Waals surface area contributed by atoms with Crippen LogP contribution in [0.1, 0.15) is 38.6 Å². The van der Waals surface area contributed by atoms with E-state index in [0.717, 1.165) is 18.9 Å². The van der Waals surface area contributed by atoms with Crippen LogP contribution in [0.3, 0.4) is 0 Å². The number of aromatic nitrogens is 2. The number of rotatable bonds is 4. The Kier molecular flexibility index (Phi) is 4.74. The maximum absolute atomic E-state index is 13.7. The standard InChI is InChI=1S/C17H15Cl2F2N3/c1-3-10(16(19)23-15(18)4-2)17-22-13-7-11(20)12(21)8-14(13)24(17)9-5-6-9/h3-4,7-9H,5-6H2,1-2H3/b10-3+,15-4-,23-16+. The highest BCUT2D eigenvalue weighted by molar-refractivity contribution is 6.76. The van der Waals surface area contributed by atoms with Crippen LogP contribution in [0.4, 0.5) is 8.78 Å². The number of nitrogens with zero attached hydrogens (tertiary/aromatic N) is 3. The molecule has 126 valence electrons. The van der Waals surface area contributed by atoms with Crippen LogP contribution in [0, 0.1) is 11.6 Å². The van der Waals surface area contributed by atoms with Gasteiger partial charge in [-0.05, 0) is 26.7 Å². The number of allylic oxidation sites excluding steroid dienone is 3. The summed E-state index contributed by atoms with van der Waals surface area (Å²) in [6.07, 6.45) is 5.29. The van der Waals surface area contributed by atoms with Crippen LogP contribution in [-0.4, -0.2) is 14.7 Å². The number of hydrogen-bond donors (Lipinski definition) is 0. The van der Waals surface area contributed by atoms with Crippen molar-refractivity contribution in [2.24, 2.45) is 4.99 Å². The quantitative estimate of drug-likeness (QED) is 0.495. The zero-order valence-corrected chi connectivity index (χ0v) is 14.7. The summed E-state index contributed by atoms with van der Waals surface area (Å²) < 4.78 is 29.1. The van der Waals surface area contributed by atoms with Gasteiger partial charge in [0.25, 0.3) is 0 Å². The summed E-state index contributed by atoms with van der Waals surface area (Å²) >= 11 is 12.2. The van der Waals surface area contributed by atoms with Gasteiger partial charge < -0.3 is 4.57 Å². The molecular formula is C17H15Cl2F2N3. The minimum atomic E-state index is -0.923. The summed E-state index contributed by atoms with van der Waals surface area (Å²) in [5, 5.41) is 0.435. The molecule has 0 aliphatic heterocycles. The summed E-state index contributed by atoms with van der Waals surface area (Å²) in [5.74, 6) is -1.28. The molecule has 0 atom stereocenters. The van der Waals surface area contributed by atoms with Crippen molar-refractivity contribution in [2.45, 2.75) is 32.7 Å². The Morgan fingerprint density at radius 2 is 1.88 bits per heavy atom. The molecule has 1 aromatic carbocycles. The van der Waals surface area contributed by atoms with Gasteiger partial charge >= 0.3 is 0 Å². The lowest BCUT2D eigenvalue weighted by Crippen LogP contribution is -2.05. The molecule has 3 rings (SSSR count). The van der Waals surface area contributed by atoms with Gasteiger partial charge in [0.2, 0.25) is 0 Å².